The van der Waals surface area contributed by atoms with Crippen molar-refractivity contribution < 1.29 is 78.8 Å². The second-order valence-corrected chi connectivity index (χ2v) is 53.1. The third kappa shape index (κ3) is 26.7. The highest BCUT2D eigenvalue weighted by Gasteiger charge is 2.48. The Morgan fingerprint density at radius 2 is 1.10 bits per heavy atom. The van der Waals surface area contributed by atoms with E-state index in [4.69, 9.17) is 62.6 Å². The number of hydrogen-bond acceptors (Lipinski definition) is 29. The van der Waals surface area contributed by atoms with Gasteiger partial charge in [-0.15, -0.1) is 68.4 Å². The number of aryl methyl sites for hydroxylation is 1. The molecule has 11 rings (SSSR count). The summed E-state index contributed by atoms with van der Waals surface area (Å²) >= 11 is 6.62. The number of amides is 6. The molecule has 6 heterocycles. The molecule has 137 heavy (non-hydrogen) atoms. The molecule has 38 heteroatoms. The van der Waals surface area contributed by atoms with Gasteiger partial charge in [0.2, 0.25) is 11.8 Å². The van der Waals surface area contributed by atoms with Crippen LogP contribution in [0.3, 0.4) is 0 Å². The van der Waals surface area contributed by atoms with E-state index in [9.17, 15) is 37.2 Å². The maximum atomic E-state index is 15.4. The van der Waals surface area contributed by atoms with Crippen LogP contribution in [0.25, 0.3) is 38.4 Å². The first-order valence-electron chi connectivity index (χ1n) is 44.4. The highest BCUT2D eigenvalue weighted by atomic mass is 32.2. The number of thiazole rings is 5. The Balaban J connectivity index is 0.974. The van der Waals surface area contributed by atoms with Gasteiger partial charge >= 0.3 is 28.1 Å². The third-order valence-corrected chi connectivity index (χ3v) is 40.9. The Kier molecular flexibility index (Phi) is 36.2. The standard InChI is InChI=1S/C99H116N12O17S7Si2/c1-20-47-122-94(117)78-57-132-91(108-78)71(50-80(128-136(18,19)98(15,16)17)95(118)124-51-64-35-27-23-28-36-64)102-85(113)74-55-131-90(106-74)70(22-3)101-88(116)81(63(11)126-97(12,13)14)111-87(115)76-54-129-89(105-76)69-49-79(127-135(120,121)68-45-43-62(10)44-46-68)83(93-107-75(56-133-93)86(114)103-72(84(100)112)52-125-137(59(4)5,60(6)7)61(8)9)110-82(69)73-53-130-92(104-73)77(109-96(119)123-48-21-2)58-134-99(65-37-29-24-30-38-65,66-39-31-25-32-40-66)67-41-33-26-34-42-67/h20-46,49,53-57,59-61,63,71-72,77,80-81H,1-2,47-48,50-52,58H2,3-19H3,(H2,100,112)(H,101,116)(H,102,113)(H,103,114)(H,109,119)(H,111,115)/b70-22-/t63-,71+,72+,77+,80+,81+/m1/s1. The molecule has 0 aliphatic rings. The number of benzene rings is 5. The zero-order valence-corrected chi connectivity index (χ0v) is 87.2. The Morgan fingerprint density at radius 1 is 0.577 bits per heavy atom. The molecular weight excluding hydrogens is 1910 g/mol. The van der Waals surface area contributed by atoms with E-state index in [1.54, 1.807) is 76.9 Å². The van der Waals surface area contributed by atoms with Gasteiger partial charge in [0, 0.05) is 44.6 Å². The van der Waals surface area contributed by atoms with Gasteiger partial charge in [0.15, 0.2) is 28.1 Å². The fourth-order valence-corrected chi connectivity index (χ4v) is 28.7. The number of allylic oxidation sites excluding steroid dienone is 1. The van der Waals surface area contributed by atoms with E-state index in [0.29, 0.717) is 5.01 Å². The molecule has 0 bridgehead atoms. The molecule has 0 aliphatic heterocycles. The minimum absolute atomic E-state index is 0.0110. The molecule has 29 nitrogen and oxygen atoms in total. The zero-order chi connectivity index (χ0) is 99.5. The van der Waals surface area contributed by atoms with E-state index in [2.05, 4.69) is 123 Å². The SMILES string of the molecule is C=CCOC(=O)N[C@@H](CSC(c1ccccc1)(c1ccccc1)c1ccccc1)c1nc(-c2nc(-c3nc(C(=O)N[C@@H](CO[Si](C(C)C)(C(C)C)C(C)C)C(N)=O)cs3)c(OS(=O)(=O)c3ccc(C)cc3)cc2-c2nc(C(=O)N[C@H](C(=O)N/C(=C\C)c3nc(C(=O)N[C@@H](C[C@H](O[Si](C)(C)C(C)(C)C)C(=O)OCc4ccccc4)c4nc(C(=O)OCC=C)cs4)cs3)[C@@H](C)OC(C)(C)C)cs2)cs1. The van der Waals surface area contributed by atoms with Gasteiger partial charge in [-0.1, -0.05) is 233 Å². The number of hydrogen-bond donors (Lipinski definition) is 6. The first kappa shape index (κ1) is 106. The molecule has 7 N–H and O–H groups in total. The highest BCUT2D eigenvalue weighted by molar-refractivity contribution is 8.00. The van der Waals surface area contributed by atoms with Crippen molar-refractivity contribution in [3.8, 4) is 38.4 Å². The number of primary amides is 1. The predicted octanol–water partition coefficient (Wildman–Crippen LogP) is 19.7. The Bertz CT molecular complexity index is 6100. The van der Waals surface area contributed by atoms with Crippen molar-refractivity contribution in [3.63, 3.8) is 0 Å². The van der Waals surface area contributed by atoms with E-state index >= 15 is 9.59 Å². The molecule has 5 aromatic carbocycles. The smallest absolute Gasteiger partial charge is 0.408 e. The summed E-state index contributed by atoms with van der Waals surface area (Å²) in [6.07, 6.45) is 1.12. The van der Waals surface area contributed by atoms with Crippen molar-refractivity contribution >= 4 is 148 Å². The van der Waals surface area contributed by atoms with Crippen molar-refractivity contribution in [3.05, 3.63) is 276 Å². The molecule has 0 radical (unpaired) electrons. The summed E-state index contributed by atoms with van der Waals surface area (Å²) in [7, 11) is -10.2. The quantitative estimate of drug-likeness (QED) is 0.00515. The van der Waals surface area contributed by atoms with E-state index < -0.39 is 127 Å². The van der Waals surface area contributed by atoms with Gasteiger partial charge in [-0.2, -0.15) is 8.42 Å². The number of nitrogens with zero attached hydrogens (tertiary/aromatic N) is 6. The average Bonchev–Trinajstić information content (AvgIpc) is 1.75. The Hall–Kier alpha value is -11.4. The minimum Gasteiger partial charge on any atom is -0.459 e. The summed E-state index contributed by atoms with van der Waals surface area (Å²) in [5.74, 6) is -5.75. The Morgan fingerprint density at radius 3 is 1.66 bits per heavy atom. The summed E-state index contributed by atoms with van der Waals surface area (Å²) in [6, 6.07) is 41.6. The molecule has 0 aliphatic carbocycles. The fourth-order valence-electron chi connectivity index (χ4n) is 15.3. The molecule has 0 saturated carbocycles. The van der Waals surface area contributed by atoms with Crippen molar-refractivity contribution in [2.75, 3.05) is 25.6 Å². The summed E-state index contributed by atoms with van der Waals surface area (Å²) in [4.78, 5) is 144. The number of alkyl carbamates (subject to hydrolysis) is 1. The van der Waals surface area contributed by atoms with E-state index in [1.807, 2.05) is 119 Å². The van der Waals surface area contributed by atoms with Crippen LogP contribution >= 0.6 is 68.4 Å². The van der Waals surface area contributed by atoms with Crippen molar-refractivity contribution in [2.45, 2.75) is 203 Å². The molecule has 0 spiro atoms. The number of aromatic nitrogens is 6. The van der Waals surface area contributed by atoms with Crippen molar-refractivity contribution in [1.29, 1.82) is 0 Å². The number of carbonyl (C=O) groups excluding carboxylic acids is 8. The lowest BCUT2D eigenvalue weighted by Gasteiger charge is -2.42. The summed E-state index contributed by atoms with van der Waals surface area (Å²) < 4.78 is 72.1. The normalized spacial score (nSPS) is 13.6. The molecule has 6 aromatic heterocycles. The summed E-state index contributed by atoms with van der Waals surface area (Å²) in [5.41, 5.74) is 9.30. The van der Waals surface area contributed by atoms with E-state index in [0.717, 1.165) is 84.5 Å². The first-order valence-corrected chi connectivity index (χ1v) is 56.2. The molecule has 11 aromatic rings. The van der Waals surface area contributed by atoms with Crippen LogP contribution in [0, 0.1) is 6.92 Å². The molecule has 0 saturated heterocycles. The van der Waals surface area contributed by atoms with Gasteiger partial charge in [0.1, 0.15) is 102 Å². The van der Waals surface area contributed by atoms with Crippen LogP contribution in [0.2, 0.25) is 34.8 Å². The lowest BCUT2D eigenvalue weighted by atomic mass is 9.84. The molecule has 724 valence electrons. The van der Waals surface area contributed by atoms with Gasteiger partial charge in [0.05, 0.1) is 40.8 Å². The molecule has 0 fully saturated rings. The van der Waals surface area contributed by atoms with Gasteiger partial charge in [-0.25, -0.2) is 44.3 Å². The first-order chi connectivity index (χ1) is 65.0. The summed E-state index contributed by atoms with van der Waals surface area (Å²) in [5, 5.41) is 22.4. The third-order valence-electron chi connectivity index (χ3n) is 22.9. The topological polar surface area (TPSA) is 399 Å². The number of carbonyl (C=O) groups is 8. The second kappa shape index (κ2) is 46.8. The zero-order valence-electron chi connectivity index (χ0n) is 79.5. The number of esters is 2. The minimum atomic E-state index is -4.80. The van der Waals surface area contributed by atoms with E-state index in [-0.39, 0.29) is 136 Å². The number of nitrogens with two attached hydrogens (primary N) is 1. The highest BCUT2D eigenvalue weighted by Crippen LogP contribution is 2.51. The van der Waals surface area contributed by atoms with Gasteiger partial charge in [-0.3, -0.25) is 24.0 Å². The lowest BCUT2D eigenvalue weighted by Crippen LogP contribution is -2.54. The van der Waals surface area contributed by atoms with Gasteiger partial charge in [-0.05, 0) is 117 Å². The van der Waals surface area contributed by atoms with Gasteiger partial charge < -0.3 is 64.3 Å². The predicted molar refractivity (Wildman–Crippen MR) is 544 cm³/mol. The van der Waals surface area contributed by atoms with Crippen LogP contribution < -0.4 is 36.5 Å². The van der Waals surface area contributed by atoms with Crippen LogP contribution in [0.4, 0.5) is 4.79 Å². The number of rotatable bonds is 45. The van der Waals surface area contributed by atoms with Crippen molar-refractivity contribution in [2.24, 2.45) is 5.73 Å². The number of pyridine rings is 1. The van der Waals surface area contributed by atoms with Crippen LogP contribution in [0.1, 0.15) is 200 Å². The van der Waals surface area contributed by atoms with Crippen LogP contribution in [-0.4, -0.2) is 158 Å². The van der Waals surface area contributed by atoms with E-state index in [1.165, 1.54) is 51.9 Å². The molecular formula is C99H116N12O17S7Si2. The number of nitrogens with one attached hydrogen (secondary N) is 5. The lowest BCUT2D eigenvalue weighted by molar-refractivity contribution is -0.154. The average molecular weight is 2030 g/mol. The maximum Gasteiger partial charge on any atom is 0.408 e. The summed E-state index contributed by atoms with van der Waals surface area (Å²) in [6.45, 7) is 39.8. The van der Waals surface area contributed by atoms with Crippen LogP contribution in [-0.2, 0) is 63.7 Å². The second-order valence-electron chi connectivity index (χ2n) is 35.8. The van der Waals surface area contributed by atoms with Crippen LogP contribution in [0.5, 0.6) is 5.75 Å². The molecule has 0 unspecified atom stereocenters. The number of ether oxygens (including phenoxy) is 4. The fraction of sp³-hybridized carbons (Fsp3) is 0.354. The maximum absolute atomic E-state index is 15.4. The largest absolute Gasteiger partial charge is 0.459 e. The molecule has 6 atom stereocenters. The van der Waals surface area contributed by atoms with Crippen molar-refractivity contribution in [1.82, 2.24) is 56.5 Å². The number of thioether (sulfide) groups is 1. The van der Waals surface area contributed by atoms with Crippen LogP contribution in [0.15, 0.2) is 215 Å². The monoisotopic (exact) mass is 2020 g/mol. The molecule has 6 amide bonds. The Labute approximate surface area is 825 Å². The van der Waals surface area contributed by atoms with Gasteiger partial charge in [0.25, 0.3) is 17.7 Å².